The second-order valence-electron chi connectivity index (χ2n) is 3.22. The van der Waals surface area contributed by atoms with E-state index in [0.29, 0.717) is 12.1 Å². The van der Waals surface area contributed by atoms with E-state index < -0.39 is 0 Å². The van der Waals surface area contributed by atoms with E-state index in [9.17, 15) is 0 Å². The van der Waals surface area contributed by atoms with Gasteiger partial charge in [-0.15, -0.1) is 0 Å². The molecule has 1 aliphatic heterocycles. The van der Waals surface area contributed by atoms with Crippen LogP contribution in [0, 0.1) is 0 Å². The Kier molecular flexibility index (Phi) is 3.30. The smallest absolute Gasteiger partial charge is 0.0851 e. The highest BCUT2D eigenvalue weighted by atomic mass is 16.5. The minimum absolute atomic E-state index is 0.360. The lowest BCUT2D eigenvalue weighted by atomic mass is 10.0. The van der Waals surface area contributed by atoms with Crippen molar-refractivity contribution in [3.05, 3.63) is 0 Å². The number of nitrogens with zero attached hydrogens (tertiary/aromatic N) is 1. The molecular formula is C8H18N2O. The van der Waals surface area contributed by atoms with E-state index in [2.05, 4.69) is 17.3 Å². The third-order valence-corrected chi connectivity index (χ3v) is 2.44. The molecule has 3 heteroatoms. The van der Waals surface area contributed by atoms with Crippen LogP contribution in [0.2, 0.25) is 0 Å². The van der Waals surface area contributed by atoms with Crippen LogP contribution in [-0.4, -0.2) is 51.3 Å². The Labute approximate surface area is 68.7 Å². The molecule has 0 bridgehead atoms. The predicted octanol–water partition coefficient (Wildman–Crippen LogP) is -0.0751. The lowest BCUT2D eigenvalue weighted by molar-refractivity contribution is 0.0164. The largest absolute Gasteiger partial charge is 0.378 e. The lowest BCUT2D eigenvalue weighted by Crippen LogP contribution is -2.51. The average Bonchev–Trinajstić information content (AvgIpc) is 2.04. The molecule has 0 aliphatic carbocycles. The van der Waals surface area contributed by atoms with Crippen LogP contribution in [0.5, 0.6) is 0 Å². The minimum atomic E-state index is 0.360. The SMILES string of the molecule is CNC1CCN(C)CC1OC. The maximum Gasteiger partial charge on any atom is 0.0851 e. The first-order valence-electron chi connectivity index (χ1n) is 4.16. The van der Waals surface area contributed by atoms with Gasteiger partial charge in [-0.1, -0.05) is 0 Å². The molecule has 0 amide bonds. The Bertz CT molecular complexity index is 119. The highest BCUT2D eigenvalue weighted by Gasteiger charge is 2.25. The molecule has 1 N–H and O–H groups in total. The number of piperidine rings is 1. The van der Waals surface area contributed by atoms with Crippen molar-refractivity contribution in [1.82, 2.24) is 10.2 Å². The van der Waals surface area contributed by atoms with Crippen molar-refractivity contribution in [3.63, 3.8) is 0 Å². The van der Waals surface area contributed by atoms with Crippen molar-refractivity contribution >= 4 is 0 Å². The zero-order valence-corrected chi connectivity index (χ0v) is 7.63. The number of ether oxygens (including phenoxy) is 1. The first-order chi connectivity index (χ1) is 5.27. The number of rotatable bonds is 2. The van der Waals surface area contributed by atoms with Gasteiger partial charge < -0.3 is 15.0 Å². The van der Waals surface area contributed by atoms with Gasteiger partial charge in [-0.25, -0.2) is 0 Å². The second kappa shape index (κ2) is 4.04. The summed E-state index contributed by atoms with van der Waals surface area (Å²) in [5, 5.41) is 3.27. The fraction of sp³-hybridized carbons (Fsp3) is 1.00. The summed E-state index contributed by atoms with van der Waals surface area (Å²) in [5.74, 6) is 0. The molecule has 1 aliphatic rings. The average molecular weight is 158 g/mol. The van der Waals surface area contributed by atoms with Crippen LogP contribution in [0.25, 0.3) is 0 Å². The van der Waals surface area contributed by atoms with Crippen molar-refractivity contribution in [2.75, 3.05) is 34.3 Å². The number of methoxy groups -OCH3 is 1. The fourth-order valence-electron chi connectivity index (χ4n) is 1.64. The Morgan fingerprint density at radius 1 is 1.55 bits per heavy atom. The molecule has 11 heavy (non-hydrogen) atoms. The van der Waals surface area contributed by atoms with E-state index in [4.69, 9.17) is 4.74 Å². The van der Waals surface area contributed by atoms with E-state index in [1.54, 1.807) is 7.11 Å². The van der Waals surface area contributed by atoms with Crippen LogP contribution >= 0.6 is 0 Å². The van der Waals surface area contributed by atoms with Gasteiger partial charge in [0.15, 0.2) is 0 Å². The van der Waals surface area contributed by atoms with Gasteiger partial charge in [-0.2, -0.15) is 0 Å². The van der Waals surface area contributed by atoms with E-state index in [1.807, 2.05) is 7.05 Å². The molecule has 2 unspecified atom stereocenters. The molecule has 1 fully saturated rings. The van der Waals surface area contributed by atoms with Crippen LogP contribution in [-0.2, 0) is 4.74 Å². The Morgan fingerprint density at radius 3 is 2.82 bits per heavy atom. The van der Waals surface area contributed by atoms with Gasteiger partial charge in [0, 0.05) is 19.7 Å². The number of nitrogens with one attached hydrogen (secondary N) is 1. The van der Waals surface area contributed by atoms with Gasteiger partial charge in [0.05, 0.1) is 6.10 Å². The van der Waals surface area contributed by atoms with Gasteiger partial charge in [0.2, 0.25) is 0 Å². The quantitative estimate of drug-likeness (QED) is 0.608. The third kappa shape index (κ3) is 2.15. The number of likely N-dealkylation sites (N-methyl/N-ethyl adjacent to an activating group) is 2. The maximum atomic E-state index is 5.36. The molecule has 0 aromatic carbocycles. The number of likely N-dealkylation sites (tertiary alicyclic amines) is 1. The molecule has 0 spiro atoms. The standard InChI is InChI=1S/C8H18N2O/c1-9-7-4-5-10(2)6-8(7)11-3/h7-9H,4-6H2,1-3H3. The number of hydrogen-bond acceptors (Lipinski definition) is 3. The summed E-state index contributed by atoms with van der Waals surface area (Å²) in [5.41, 5.74) is 0. The summed E-state index contributed by atoms with van der Waals surface area (Å²) in [7, 11) is 5.92. The van der Waals surface area contributed by atoms with Crippen LogP contribution in [0.1, 0.15) is 6.42 Å². The fourth-order valence-corrected chi connectivity index (χ4v) is 1.64. The van der Waals surface area contributed by atoms with Gasteiger partial charge in [0.25, 0.3) is 0 Å². The van der Waals surface area contributed by atoms with E-state index in [-0.39, 0.29) is 0 Å². The van der Waals surface area contributed by atoms with Crippen LogP contribution in [0.15, 0.2) is 0 Å². The molecule has 1 saturated heterocycles. The summed E-state index contributed by atoms with van der Waals surface area (Å²) in [6.07, 6.45) is 1.55. The zero-order chi connectivity index (χ0) is 8.27. The molecule has 1 rings (SSSR count). The summed E-state index contributed by atoms with van der Waals surface area (Å²) in [4.78, 5) is 2.31. The Hall–Kier alpha value is -0.120. The molecule has 3 nitrogen and oxygen atoms in total. The van der Waals surface area contributed by atoms with Gasteiger partial charge in [-0.05, 0) is 27.1 Å². The van der Waals surface area contributed by atoms with E-state index >= 15 is 0 Å². The summed E-state index contributed by atoms with van der Waals surface area (Å²) in [6.45, 7) is 2.22. The van der Waals surface area contributed by atoms with Crippen LogP contribution < -0.4 is 5.32 Å². The predicted molar refractivity (Wildman–Crippen MR) is 45.8 cm³/mol. The first kappa shape index (κ1) is 8.97. The van der Waals surface area contributed by atoms with Gasteiger partial charge in [0.1, 0.15) is 0 Å². The van der Waals surface area contributed by atoms with Gasteiger partial charge >= 0.3 is 0 Å². The first-order valence-corrected chi connectivity index (χ1v) is 4.16. The summed E-state index contributed by atoms with van der Waals surface area (Å²) < 4.78 is 5.36. The van der Waals surface area contributed by atoms with E-state index in [0.717, 1.165) is 6.54 Å². The molecule has 0 aromatic heterocycles. The molecule has 1 heterocycles. The van der Waals surface area contributed by atoms with Crippen molar-refractivity contribution in [2.45, 2.75) is 18.6 Å². The molecule has 0 aromatic rings. The van der Waals surface area contributed by atoms with Crippen LogP contribution in [0.4, 0.5) is 0 Å². The normalized spacial score (nSPS) is 34.1. The van der Waals surface area contributed by atoms with Gasteiger partial charge in [-0.3, -0.25) is 0 Å². The van der Waals surface area contributed by atoms with Crippen molar-refractivity contribution in [2.24, 2.45) is 0 Å². The number of hydrogen-bond donors (Lipinski definition) is 1. The zero-order valence-electron chi connectivity index (χ0n) is 7.63. The molecule has 0 radical (unpaired) electrons. The summed E-state index contributed by atoms with van der Waals surface area (Å²) >= 11 is 0. The Balaban J connectivity index is 2.41. The third-order valence-electron chi connectivity index (χ3n) is 2.44. The van der Waals surface area contributed by atoms with Crippen molar-refractivity contribution in [3.8, 4) is 0 Å². The highest BCUT2D eigenvalue weighted by Crippen LogP contribution is 2.11. The molecule has 66 valence electrons. The Morgan fingerprint density at radius 2 is 2.27 bits per heavy atom. The molecule has 0 saturated carbocycles. The minimum Gasteiger partial charge on any atom is -0.378 e. The second-order valence-corrected chi connectivity index (χ2v) is 3.22. The van der Waals surface area contributed by atoms with Crippen LogP contribution in [0.3, 0.4) is 0 Å². The maximum absolute atomic E-state index is 5.36. The highest BCUT2D eigenvalue weighted by molar-refractivity contribution is 4.83. The monoisotopic (exact) mass is 158 g/mol. The summed E-state index contributed by atoms with van der Waals surface area (Å²) in [6, 6.07) is 0.538. The lowest BCUT2D eigenvalue weighted by Gasteiger charge is -2.35. The van der Waals surface area contributed by atoms with E-state index in [1.165, 1.54) is 13.0 Å². The topological polar surface area (TPSA) is 24.5 Å². The molecular weight excluding hydrogens is 140 g/mol. The molecule has 2 atom stereocenters. The van der Waals surface area contributed by atoms with Crippen molar-refractivity contribution < 1.29 is 4.74 Å². The van der Waals surface area contributed by atoms with Crippen molar-refractivity contribution in [1.29, 1.82) is 0 Å².